The van der Waals surface area contributed by atoms with Gasteiger partial charge >= 0.3 is 5.97 Å². The largest absolute Gasteiger partial charge is 0.466 e. The first kappa shape index (κ1) is 77.9. The molecule has 0 aromatic rings. The zero-order valence-corrected chi connectivity index (χ0v) is 54.2. The van der Waals surface area contributed by atoms with E-state index in [2.05, 4.69) is 19.2 Å². The Morgan fingerprint density at radius 1 is 0.304 bits per heavy atom. The third kappa shape index (κ3) is 65.9. The zero-order valence-electron chi connectivity index (χ0n) is 54.2. The summed E-state index contributed by atoms with van der Waals surface area (Å²) < 4.78 is 5.51. The van der Waals surface area contributed by atoms with E-state index in [1.807, 2.05) is 0 Å². The molecule has 0 aromatic heterocycles. The van der Waals surface area contributed by atoms with Crippen LogP contribution in [0.15, 0.2) is 0 Å². The number of carbonyl (C=O) groups is 2. The third-order valence-corrected chi connectivity index (χ3v) is 17.7. The molecule has 0 radical (unpaired) electrons. The van der Waals surface area contributed by atoms with Gasteiger partial charge in [-0.2, -0.15) is 0 Å². The van der Waals surface area contributed by atoms with Crippen LogP contribution in [0.1, 0.15) is 431 Å². The van der Waals surface area contributed by atoms with Crippen LogP contribution in [0.2, 0.25) is 0 Å². The molecular weight excluding hydrogens is 971 g/mol. The Labute approximate surface area is 496 Å². The zero-order chi connectivity index (χ0) is 57.1. The molecule has 0 aromatic carbocycles. The standard InChI is InChI=1S/C73H145NO5/c1-3-5-7-9-11-13-15-17-19-39-43-47-51-55-59-63-67-73(78)79-68-64-60-56-52-48-44-40-37-35-33-31-29-27-25-23-21-20-22-24-26-28-30-32-34-36-38-42-46-50-54-58-62-66-72(77)74-70(69-75)71(76)65-61-57-53-49-45-41-18-16-14-12-10-8-6-4-2/h70-71,75-76H,3-69H2,1-2H3,(H,74,77). The summed E-state index contributed by atoms with van der Waals surface area (Å²) in [5, 5.41) is 23.3. The van der Waals surface area contributed by atoms with Gasteiger partial charge in [0, 0.05) is 12.8 Å². The van der Waals surface area contributed by atoms with Gasteiger partial charge in [-0.1, -0.05) is 393 Å². The third-order valence-electron chi connectivity index (χ3n) is 17.7. The summed E-state index contributed by atoms with van der Waals surface area (Å²) in [4.78, 5) is 24.6. The van der Waals surface area contributed by atoms with Crippen LogP contribution < -0.4 is 5.32 Å². The lowest BCUT2D eigenvalue weighted by Crippen LogP contribution is -2.45. The van der Waals surface area contributed by atoms with Crippen molar-refractivity contribution >= 4 is 11.9 Å². The summed E-state index contributed by atoms with van der Waals surface area (Å²) in [6, 6.07) is -0.536. The highest BCUT2D eigenvalue weighted by Crippen LogP contribution is 2.20. The summed E-state index contributed by atoms with van der Waals surface area (Å²) in [6.45, 7) is 5.00. The highest BCUT2D eigenvalue weighted by molar-refractivity contribution is 5.76. The van der Waals surface area contributed by atoms with Gasteiger partial charge in [-0.05, 0) is 25.7 Å². The quantitative estimate of drug-likeness (QED) is 0.0417. The van der Waals surface area contributed by atoms with Gasteiger partial charge in [0.15, 0.2) is 0 Å². The molecule has 0 aliphatic rings. The van der Waals surface area contributed by atoms with Gasteiger partial charge in [-0.25, -0.2) is 0 Å². The molecule has 0 heterocycles. The number of aliphatic hydroxyl groups excluding tert-OH is 2. The second-order valence-electron chi connectivity index (χ2n) is 25.6. The number of aliphatic hydroxyl groups is 2. The van der Waals surface area contributed by atoms with Crippen molar-refractivity contribution in [2.24, 2.45) is 0 Å². The number of amides is 1. The van der Waals surface area contributed by atoms with Crippen LogP contribution in [0.4, 0.5) is 0 Å². The van der Waals surface area contributed by atoms with Crippen LogP contribution in [0.3, 0.4) is 0 Å². The number of rotatable bonds is 70. The maximum atomic E-state index is 12.5. The Bertz CT molecular complexity index is 1150. The van der Waals surface area contributed by atoms with Crippen molar-refractivity contribution < 1.29 is 24.5 Å². The minimum Gasteiger partial charge on any atom is -0.466 e. The highest BCUT2D eigenvalue weighted by Gasteiger charge is 2.20. The molecule has 0 aliphatic carbocycles. The van der Waals surface area contributed by atoms with E-state index in [4.69, 9.17) is 4.74 Å². The van der Waals surface area contributed by atoms with E-state index in [-0.39, 0.29) is 18.5 Å². The van der Waals surface area contributed by atoms with Gasteiger partial charge in [0.1, 0.15) is 0 Å². The lowest BCUT2D eigenvalue weighted by Gasteiger charge is -2.22. The first-order valence-corrected chi connectivity index (χ1v) is 36.8. The maximum absolute atomic E-state index is 12.5. The van der Waals surface area contributed by atoms with Gasteiger partial charge in [0.05, 0.1) is 25.4 Å². The molecule has 0 fully saturated rings. The van der Waals surface area contributed by atoms with E-state index in [1.54, 1.807) is 0 Å². The molecule has 2 unspecified atom stereocenters. The van der Waals surface area contributed by atoms with Gasteiger partial charge < -0.3 is 20.3 Å². The average molecular weight is 1120 g/mol. The Morgan fingerprint density at radius 3 is 0.772 bits per heavy atom. The maximum Gasteiger partial charge on any atom is 0.305 e. The van der Waals surface area contributed by atoms with Crippen LogP contribution in [-0.2, 0) is 14.3 Å². The molecule has 6 nitrogen and oxygen atoms in total. The molecule has 0 rings (SSSR count). The molecule has 0 bridgehead atoms. The van der Waals surface area contributed by atoms with Crippen LogP contribution >= 0.6 is 0 Å². The number of hydrogen-bond acceptors (Lipinski definition) is 5. The van der Waals surface area contributed by atoms with Crippen molar-refractivity contribution in [1.82, 2.24) is 5.32 Å². The molecule has 3 N–H and O–H groups in total. The topological polar surface area (TPSA) is 95.9 Å². The van der Waals surface area contributed by atoms with E-state index in [0.717, 1.165) is 38.5 Å². The Morgan fingerprint density at radius 2 is 0.519 bits per heavy atom. The molecule has 79 heavy (non-hydrogen) atoms. The SMILES string of the molecule is CCCCCCCCCCCCCCCCCCC(=O)OCCCCCCCCCCCCCCCCCCCCCCCCCCCCCCCCCCC(=O)NC(CO)C(O)CCCCCCCCCCCCCCCC. The lowest BCUT2D eigenvalue weighted by atomic mass is 10.0. The first-order valence-electron chi connectivity index (χ1n) is 36.8. The molecule has 0 spiro atoms. The molecule has 6 heteroatoms. The minimum absolute atomic E-state index is 0.0259. The normalized spacial score (nSPS) is 12.4. The van der Waals surface area contributed by atoms with Crippen molar-refractivity contribution in [2.75, 3.05) is 13.2 Å². The number of nitrogens with one attached hydrogen (secondary N) is 1. The van der Waals surface area contributed by atoms with Crippen LogP contribution in [0.5, 0.6) is 0 Å². The molecule has 0 saturated heterocycles. The van der Waals surface area contributed by atoms with Crippen LogP contribution in [0.25, 0.3) is 0 Å². The molecule has 472 valence electrons. The number of carbonyl (C=O) groups excluding carboxylic acids is 2. The van der Waals surface area contributed by atoms with E-state index < -0.39 is 12.1 Å². The smallest absolute Gasteiger partial charge is 0.305 e. The fourth-order valence-electron chi connectivity index (χ4n) is 12.1. The van der Waals surface area contributed by atoms with E-state index >= 15 is 0 Å². The summed E-state index contributed by atoms with van der Waals surface area (Å²) in [5.74, 6) is -0.000982. The van der Waals surface area contributed by atoms with E-state index in [9.17, 15) is 19.8 Å². The molecule has 1 amide bonds. The second kappa shape index (κ2) is 69.4. The molecule has 2 atom stereocenters. The summed E-state index contributed by atoms with van der Waals surface area (Å²) in [6.07, 6.45) is 84.6. The van der Waals surface area contributed by atoms with Gasteiger partial charge in [0.25, 0.3) is 0 Å². The monoisotopic (exact) mass is 1120 g/mol. The van der Waals surface area contributed by atoms with Crippen LogP contribution in [-0.4, -0.2) is 47.4 Å². The number of ether oxygens (including phenoxy) is 1. The van der Waals surface area contributed by atoms with Gasteiger partial charge in [-0.3, -0.25) is 9.59 Å². The number of unbranched alkanes of at least 4 members (excludes halogenated alkanes) is 59. The van der Waals surface area contributed by atoms with Gasteiger partial charge in [0.2, 0.25) is 5.91 Å². The first-order chi connectivity index (χ1) is 39.0. The van der Waals surface area contributed by atoms with Crippen molar-refractivity contribution in [3.8, 4) is 0 Å². The van der Waals surface area contributed by atoms with Crippen LogP contribution in [0, 0.1) is 0 Å². The summed E-state index contributed by atoms with van der Waals surface area (Å²) in [7, 11) is 0. The average Bonchev–Trinajstić information content (AvgIpc) is 3.45. The number of esters is 1. The Kier molecular flexibility index (Phi) is 68.4. The molecule has 0 saturated carbocycles. The fourth-order valence-corrected chi connectivity index (χ4v) is 12.1. The van der Waals surface area contributed by atoms with Gasteiger partial charge in [-0.15, -0.1) is 0 Å². The summed E-state index contributed by atoms with van der Waals surface area (Å²) >= 11 is 0. The Balaban J connectivity index is 3.29. The van der Waals surface area contributed by atoms with Crippen molar-refractivity contribution in [2.45, 2.75) is 443 Å². The predicted octanol–water partition coefficient (Wildman–Crippen LogP) is 23.8. The van der Waals surface area contributed by atoms with Crippen molar-refractivity contribution in [3.05, 3.63) is 0 Å². The molecular formula is C73H145NO5. The van der Waals surface area contributed by atoms with Crippen molar-refractivity contribution in [1.29, 1.82) is 0 Å². The predicted molar refractivity (Wildman–Crippen MR) is 347 cm³/mol. The number of hydrogen-bond donors (Lipinski definition) is 3. The lowest BCUT2D eigenvalue weighted by molar-refractivity contribution is -0.143. The summed E-state index contributed by atoms with van der Waals surface area (Å²) in [5.41, 5.74) is 0. The Hall–Kier alpha value is -1.14. The molecule has 0 aliphatic heterocycles. The highest BCUT2D eigenvalue weighted by atomic mass is 16.5. The van der Waals surface area contributed by atoms with Crippen molar-refractivity contribution in [3.63, 3.8) is 0 Å². The van der Waals surface area contributed by atoms with E-state index in [0.29, 0.717) is 25.9 Å². The minimum atomic E-state index is -0.659. The van der Waals surface area contributed by atoms with E-state index in [1.165, 1.54) is 360 Å². The second-order valence-corrected chi connectivity index (χ2v) is 25.6. The fraction of sp³-hybridized carbons (Fsp3) is 0.973.